The van der Waals surface area contributed by atoms with Gasteiger partial charge in [0.25, 0.3) is 0 Å². The summed E-state index contributed by atoms with van der Waals surface area (Å²) in [5.41, 5.74) is 4.61. The summed E-state index contributed by atoms with van der Waals surface area (Å²) in [5, 5.41) is 0. The molecule has 0 aliphatic rings. The van der Waals surface area contributed by atoms with E-state index in [-0.39, 0.29) is 0 Å². The highest BCUT2D eigenvalue weighted by Crippen LogP contribution is 2.22. The molecule has 0 fully saturated rings. The SMILES string of the molecule is Cc1cc2[nH]cnc2cc1N(C)C. The smallest absolute Gasteiger partial charge is 0.0931 e. The van der Waals surface area contributed by atoms with Crippen molar-refractivity contribution in [1.29, 1.82) is 0 Å². The Hall–Kier alpha value is -1.51. The molecule has 0 aliphatic heterocycles. The Morgan fingerprint density at radius 3 is 2.77 bits per heavy atom. The molecular weight excluding hydrogens is 162 g/mol. The second kappa shape index (κ2) is 2.76. The normalized spacial score (nSPS) is 10.7. The lowest BCUT2D eigenvalue weighted by molar-refractivity contribution is 1.12. The van der Waals surface area contributed by atoms with Gasteiger partial charge in [0.05, 0.1) is 17.4 Å². The first-order chi connectivity index (χ1) is 6.18. The van der Waals surface area contributed by atoms with E-state index < -0.39 is 0 Å². The molecule has 3 heteroatoms. The minimum atomic E-state index is 1.02. The first-order valence-electron chi connectivity index (χ1n) is 4.29. The summed E-state index contributed by atoms with van der Waals surface area (Å²) < 4.78 is 0. The van der Waals surface area contributed by atoms with Gasteiger partial charge in [0.1, 0.15) is 0 Å². The average Bonchev–Trinajstić information content (AvgIpc) is 2.48. The molecule has 0 spiro atoms. The third-order valence-corrected chi connectivity index (χ3v) is 2.22. The molecule has 0 saturated heterocycles. The topological polar surface area (TPSA) is 31.9 Å². The minimum Gasteiger partial charge on any atom is -0.377 e. The lowest BCUT2D eigenvalue weighted by Crippen LogP contribution is -2.09. The van der Waals surface area contributed by atoms with Gasteiger partial charge < -0.3 is 9.88 Å². The van der Waals surface area contributed by atoms with E-state index in [4.69, 9.17) is 0 Å². The molecule has 68 valence electrons. The monoisotopic (exact) mass is 175 g/mol. The average molecular weight is 175 g/mol. The number of rotatable bonds is 1. The van der Waals surface area contributed by atoms with Crippen LogP contribution < -0.4 is 4.90 Å². The predicted molar refractivity (Wildman–Crippen MR) is 55.2 cm³/mol. The van der Waals surface area contributed by atoms with Crippen molar-refractivity contribution in [2.24, 2.45) is 0 Å². The van der Waals surface area contributed by atoms with E-state index in [1.807, 2.05) is 14.1 Å². The molecule has 0 unspecified atom stereocenters. The highest BCUT2D eigenvalue weighted by atomic mass is 15.1. The maximum absolute atomic E-state index is 4.22. The third kappa shape index (κ3) is 1.26. The fourth-order valence-corrected chi connectivity index (χ4v) is 1.56. The van der Waals surface area contributed by atoms with Gasteiger partial charge in [0.2, 0.25) is 0 Å². The maximum atomic E-state index is 4.22. The van der Waals surface area contributed by atoms with Crippen molar-refractivity contribution in [3.8, 4) is 0 Å². The first-order valence-corrected chi connectivity index (χ1v) is 4.29. The van der Waals surface area contributed by atoms with E-state index in [0.717, 1.165) is 11.0 Å². The van der Waals surface area contributed by atoms with Gasteiger partial charge in [-0.3, -0.25) is 0 Å². The van der Waals surface area contributed by atoms with E-state index in [9.17, 15) is 0 Å². The third-order valence-electron chi connectivity index (χ3n) is 2.22. The fraction of sp³-hybridized carbons (Fsp3) is 0.300. The molecule has 2 aromatic rings. The van der Waals surface area contributed by atoms with Crippen LogP contribution in [0.25, 0.3) is 11.0 Å². The Kier molecular flexibility index (Phi) is 1.72. The van der Waals surface area contributed by atoms with Crippen molar-refractivity contribution in [2.45, 2.75) is 6.92 Å². The maximum Gasteiger partial charge on any atom is 0.0931 e. The van der Waals surface area contributed by atoms with Gasteiger partial charge in [-0.15, -0.1) is 0 Å². The number of anilines is 1. The van der Waals surface area contributed by atoms with Crippen molar-refractivity contribution < 1.29 is 0 Å². The quantitative estimate of drug-likeness (QED) is 0.718. The summed E-state index contributed by atoms with van der Waals surface area (Å²) in [5.74, 6) is 0. The van der Waals surface area contributed by atoms with Crippen LogP contribution in [0.4, 0.5) is 5.69 Å². The van der Waals surface area contributed by atoms with E-state index in [2.05, 4.69) is 33.9 Å². The van der Waals surface area contributed by atoms with Gasteiger partial charge in [-0.2, -0.15) is 0 Å². The van der Waals surface area contributed by atoms with Crippen molar-refractivity contribution in [3.05, 3.63) is 24.0 Å². The van der Waals surface area contributed by atoms with Crippen LogP contribution in [0.5, 0.6) is 0 Å². The molecule has 1 aromatic heterocycles. The highest BCUT2D eigenvalue weighted by Gasteiger charge is 2.03. The van der Waals surface area contributed by atoms with Crippen LogP contribution in [0.3, 0.4) is 0 Å². The van der Waals surface area contributed by atoms with Crippen molar-refractivity contribution in [3.63, 3.8) is 0 Å². The molecule has 1 heterocycles. The zero-order valence-corrected chi connectivity index (χ0v) is 8.13. The lowest BCUT2D eigenvalue weighted by Gasteiger charge is -2.15. The van der Waals surface area contributed by atoms with Gasteiger partial charge in [-0.25, -0.2) is 4.98 Å². The second-order valence-corrected chi connectivity index (χ2v) is 3.45. The number of H-pyrrole nitrogens is 1. The van der Waals surface area contributed by atoms with Gasteiger partial charge in [-0.05, 0) is 24.6 Å². The van der Waals surface area contributed by atoms with Gasteiger partial charge in [-0.1, -0.05) is 0 Å². The molecule has 2 rings (SSSR count). The Morgan fingerprint density at radius 2 is 2.08 bits per heavy atom. The number of aryl methyl sites for hydroxylation is 1. The summed E-state index contributed by atoms with van der Waals surface area (Å²) in [6, 6.07) is 4.22. The molecule has 1 N–H and O–H groups in total. The number of benzene rings is 1. The number of hydrogen-bond donors (Lipinski definition) is 1. The number of aromatic amines is 1. The van der Waals surface area contributed by atoms with Crippen molar-refractivity contribution >= 4 is 16.7 Å². The van der Waals surface area contributed by atoms with Crippen LogP contribution in [0.2, 0.25) is 0 Å². The number of imidazole rings is 1. The molecule has 0 aliphatic carbocycles. The molecule has 0 atom stereocenters. The zero-order valence-electron chi connectivity index (χ0n) is 8.13. The van der Waals surface area contributed by atoms with Gasteiger partial charge in [0.15, 0.2) is 0 Å². The number of nitrogens with zero attached hydrogens (tertiary/aromatic N) is 2. The fourth-order valence-electron chi connectivity index (χ4n) is 1.56. The Labute approximate surface area is 77.4 Å². The number of fused-ring (bicyclic) bond motifs is 1. The second-order valence-electron chi connectivity index (χ2n) is 3.45. The number of hydrogen-bond acceptors (Lipinski definition) is 2. The van der Waals surface area contributed by atoms with E-state index in [0.29, 0.717) is 0 Å². The molecule has 0 radical (unpaired) electrons. The van der Waals surface area contributed by atoms with Crippen molar-refractivity contribution in [2.75, 3.05) is 19.0 Å². The van der Waals surface area contributed by atoms with E-state index in [1.54, 1.807) is 6.33 Å². The number of aromatic nitrogens is 2. The van der Waals surface area contributed by atoms with Gasteiger partial charge in [0, 0.05) is 19.8 Å². The Balaban J connectivity index is 2.69. The lowest BCUT2D eigenvalue weighted by atomic mass is 10.1. The molecular formula is C10H13N3. The highest BCUT2D eigenvalue weighted by molar-refractivity contribution is 5.81. The van der Waals surface area contributed by atoms with Crippen LogP contribution in [0.1, 0.15) is 5.56 Å². The zero-order chi connectivity index (χ0) is 9.42. The largest absolute Gasteiger partial charge is 0.377 e. The first kappa shape index (κ1) is 8.10. The Morgan fingerprint density at radius 1 is 1.31 bits per heavy atom. The summed E-state index contributed by atoms with van der Waals surface area (Å²) >= 11 is 0. The summed E-state index contributed by atoms with van der Waals surface area (Å²) in [6.07, 6.45) is 1.73. The molecule has 13 heavy (non-hydrogen) atoms. The summed E-state index contributed by atoms with van der Waals surface area (Å²) in [6.45, 7) is 2.11. The standard InChI is InChI=1S/C10H13N3/c1-7-4-8-9(12-6-11-8)5-10(7)13(2)3/h4-6H,1-3H3,(H,11,12). The number of nitrogens with one attached hydrogen (secondary N) is 1. The van der Waals surface area contributed by atoms with E-state index >= 15 is 0 Å². The molecule has 1 aromatic carbocycles. The molecule has 0 bridgehead atoms. The van der Waals surface area contributed by atoms with Crippen LogP contribution in [-0.4, -0.2) is 24.1 Å². The minimum absolute atomic E-state index is 1.02. The van der Waals surface area contributed by atoms with E-state index in [1.165, 1.54) is 11.3 Å². The predicted octanol–water partition coefficient (Wildman–Crippen LogP) is 1.94. The van der Waals surface area contributed by atoms with Crippen LogP contribution in [0, 0.1) is 6.92 Å². The van der Waals surface area contributed by atoms with Gasteiger partial charge >= 0.3 is 0 Å². The van der Waals surface area contributed by atoms with Crippen LogP contribution in [-0.2, 0) is 0 Å². The summed E-state index contributed by atoms with van der Waals surface area (Å²) in [7, 11) is 4.08. The molecule has 0 saturated carbocycles. The van der Waals surface area contributed by atoms with Crippen LogP contribution >= 0.6 is 0 Å². The Bertz CT molecular complexity index is 429. The molecule has 3 nitrogen and oxygen atoms in total. The van der Waals surface area contributed by atoms with Crippen LogP contribution in [0.15, 0.2) is 18.5 Å². The molecule has 0 amide bonds. The summed E-state index contributed by atoms with van der Waals surface area (Å²) in [4.78, 5) is 9.42. The van der Waals surface area contributed by atoms with Crippen molar-refractivity contribution in [1.82, 2.24) is 9.97 Å².